The molecule has 1 aliphatic rings. The van der Waals surface area contributed by atoms with Crippen molar-refractivity contribution in [2.75, 3.05) is 18.9 Å². The summed E-state index contributed by atoms with van der Waals surface area (Å²) >= 11 is 6.09. The molecule has 0 aliphatic carbocycles. The number of nitrogens with one attached hydrogen (secondary N) is 2. The molecule has 0 saturated heterocycles. The molecule has 0 bridgehead atoms. The second-order valence-electron chi connectivity index (χ2n) is 6.71. The average molecular weight is 409 g/mol. The fraction of sp³-hybridized carbons (Fsp3) is 0.150. The van der Waals surface area contributed by atoms with E-state index in [4.69, 9.17) is 22.1 Å². The van der Waals surface area contributed by atoms with Gasteiger partial charge in [-0.25, -0.2) is 9.78 Å². The Hall–Kier alpha value is -3.36. The second-order valence-corrected chi connectivity index (χ2v) is 7.14. The summed E-state index contributed by atoms with van der Waals surface area (Å²) in [6.07, 6.45) is 1.75. The maximum absolute atomic E-state index is 11.8. The molecule has 0 saturated carbocycles. The minimum absolute atomic E-state index is 0.222. The summed E-state index contributed by atoms with van der Waals surface area (Å²) in [5.41, 5.74) is 8.84. The van der Waals surface area contributed by atoms with Gasteiger partial charge in [0.05, 0.1) is 11.6 Å². The molecule has 0 radical (unpaired) electrons. The normalized spacial score (nSPS) is 16.2. The number of aromatic amines is 1. The Bertz CT molecular complexity index is 1260. The first-order valence-corrected chi connectivity index (χ1v) is 9.48. The second kappa shape index (κ2) is 6.91. The molecule has 3 aromatic heterocycles. The largest absolute Gasteiger partial charge is 0.476 e. The van der Waals surface area contributed by atoms with Gasteiger partial charge in [-0.3, -0.25) is 9.55 Å². The summed E-state index contributed by atoms with van der Waals surface area (Å²) in [6.45, 7) is 0.934. The smallest absolute Gasteiger partial charge is 0.349 e. The third kappa shape index (κ3) is 3.02. The molecule has 4 aromatic rings. The molecule has 0 fully saturated rings. The first-order valence-electron chi connectivity index (χ1n) is 9.10. The van der Waals surface area contributed by atoms with Crippen LogP contribution in [0, 0.1) is 0 Å². The lowest BCUT2D eigenvalue weighted by Crippen LogP contribution is -2.27. The molecule has 8 nitrogen and oxygen atoms in total. The van der Waals surface area contributed by atoms with Crippen LogP contribution < -0.4 is 21.5 Å². The predicted molar refractivity (Wildman–Crippen MR) is 111 cm³/mol. The summed E-state index contributed by atoms with van der Waals surface area (Å²) in [7, 11) is 0. The van der Waals surface area contributed by atoms with Gasteiger partial charge in [0.1, 0.15) is 18.1 Å². The lowest BCUT2D eigenvalue weighted by molar-refractivity contribution is 0.312. The van der Waals surface area contributed by atoms with E-state index in [1.54, 1.807) is 6.20 Å². The van der Waals surface area contributed by atoms with Gasteiger partial charge in [-0.1, -0.05) is 11.6 Å². The van der Waals surface area contributed by atoms with Crippen molar-refractivity contribution in [1.82, 2.24) is 24.8 Å². The van der Waals surface area contributed by atoms with Crippen LogP contribution in [0.1, 0.15) is 17.3 Å². The van der Waals surface area contributed by atoms with Gasteiger partial charge >= 0.3 is 5.69 Å². The number of pyridine rings is 1. The standard InChI is InChI=1S/C20H17ClN6O2/c21-12-3-5-13(6-4-12)27-14(10-11-2-1-7-24-18(11)27)16-15-17(22)25-20(28)26-19(15)29-9-8-23-16/h1-7,10,16,23H,8-9H2,(H3,22,25,26,28). The van der Waals surface area contributed by atoms with E-state index in [0.717, 1.165) is 22.4 Å². The molecule has 4 heterocycles. The monoisotopic (exact) mass is 408 g/mol. The lowest BCUT2D eigenvalue weighted by Gasteiger charge is -2.21. The number of hydrogen-bond acceptors (Lipinski definition) is 6. The summed E-state index contributed by atoms with van der Waals surface area (Å²) in [6, 6.07) is 13.1. The molecule has 5 rings (SSSR count). The van der Waals surface area contributed by atoms with Gasteiger partial charge < -0.3 is 15.8 Å². The molecule has 1 aromatic carbocycles. The Balaban J connectivity index is 1.79. The van der Waals surface area contributed by atoms with Crippen LogP contribution in [0.3, 0.4) is 0 Å². The molecule has 29 heavy (non-hydrogen) atoms. The number of hydrogen-bond donors (Lipinski definition) is 3. The van der Waals surface area contributed by atoms with Crippen LogP contribution in [-0.4, -0.2) is 32.7 Å². The van der Waals surface area contributed by atoms with Crippen molar-refractivity contribution in [3.8, 4) is 11.6 Å². The maximum atomic E-state index is 11.8. The molecular weight excluding hydrogens is 392 g/mol. The van der Waals surface area contributed by atoms with Crippen LogP contribution >= 0.6 is 11.6 Å². The van der Waals surface area contributed by atoms with E-state index in [0.29, 0.717) is 23.7 Å². The lowest BCUT2D eigenvalue weighted by atomic mass is 10.0. The molecule has 0 spiro atoms. The van der Waals surface area contributed by atoms with Crippen molar-refractivity contribution in [2.45, 2.75) is 6.04 Å². The van der Waals surface area contributed by atoms with E-state index >= 15 is 0 Å². The number of nitrogens with two attached hydrogens (primary N) is 1. The zero-order chi connectivity index (χ0) is 20.0. The SMILES string of the molecule is Nc1[nH]c(=O)nc2c1C(c1cc3cccnc3n1-c1ccc(Cl)cc1)NCCO2. The summed E-state index contributed by atoms with van der Waals surface area (Å²) < 4.78 is 7.73. The van der Waals surface area contributed by atoms with Gasteiger partial charge in [0.25, 0.3) is 0 Å². The molecule has 0 amide bonds. The Morgan fingerprint density at radius 3 is 2.90 bits per heavy atom. The highest BCUT2D eigenvalue weighted by Gasteiger charge is 2.29. The molecule has 1 unspecified atom stereocenters. The Labute approximate surface area is 170 Å². The number of halogens is 1. The van der Waals surface area contributed by atoms with E-state index < -0.39 is 5.69 Å². The van der Waals surface area contributed by atoms with E-state index in [9.17, 15) is 4.79 Å². The zero-order valence-corrected chi connectivity index (χ0v) is 16.0. The van der Waals surface area contributed by atoms with Gasteiger partial charge in [-0.2, -0.15) is 4.98 Å². The van der Waals surface area contributed by atoms with Crippen LogP contribution in [0.15, 0.2) is 53.5 Å². The number of ether oxygens (including phenoxy) is 1. The number of anilines is 1. The minimum atomic E-state index is -0.540. The first kappa shape index (κ1) is 17.7. The molecule has 9 heteroatoms. The third-order valence-corrected chi connectivity index (χ3v) is 5.17. The van der Waals surface area contributed by atoms with Crippen LogP contribution in [0.4, 0.5) is 5.82 Å². The Morgan fingerprint density at radius 1 is 1.24 bits per heavy atom. The van der Waals surface area contributed by atoms with Crippen LogP contribution in [0.5, 0.6) is 5.88 Å². The van der Waals surface area contributed by atoms with Crippen molar-refractivity contribution in [3.63, 3.8) is 0 Å². The van der Waals surface area contributed by atoms with Crippen molar-refractivity contribution in [2.24, 2.45) is 0 Å². The highest BCUT2D eigenvalue weighted by molar-refractivity contribution is 6.30. The maximum Gasteiger partial charge on any atom is 0.349 e. The fourth-order valence-electron chi connectivity index (χ4n) is 3.70. The topological polar surface area (TPSA) is 111 Å². The number of fused-ring (bicyclic) bond motifs is 2. The third-order valence-electron chi connectivity index (χ3n) is 4.91. The number of benzene rings is 1. The van der Waals surface area contributed by atoms with Crippen LogP contribution in [0.2, 0.25) is 5.02 Å². The van der Waals surface area contributed by atoms with Gasteiger partial charge in [0.2, 0.25) is 5.88 Å². The van der Waals surface area contributed by atoms with Gasteiger partial charge in [-0.05, 0) is 42.5 Å². The highest BCUT2D eigenvalue weighted by atomic mass is 35.5. The van der Waals surface area contributed by atoms with E-state index in [1.807, 2.05) is 47.0 Å². The Morgan fingerprint density at radius 2 is 2.07 bits per heavy atom. The molecule has 1 aliphatic heterocycles. The predicted octanol–water partition coefficient (Wildman–Crippen LogP) is 2.42. The summed E-state index contributed by atoms with van der Waals surface area (Å²) in [5, 5.41) is 5.08. The molecule has 4 N–H and O–H groups in total. The van der Waals surface area contributed by atoms with Crippen molar-refractivity contribution >= 4 is 28.5 Å². The summed E-state index contributed by atoms with van der Waals surface area (Å²) in [4.78, 5) is 22.9. The van der Waals surface area contributed by atoms with E-state index in [2.05, 4.69) is 20.3 Å². The molecular formula is C20H17ClN6O2. The van der Waals surface area contributed by atoms with Crippen molar-refractivity contribution < 1.29 is 4.74 Å². The van der Waals surface area contributed by atoms with E-state index in [-0.39, 0.29) is 17.7 Å². The Kier molecular flexibility index (Phi) is 4.22. The van der Waals surface area contributed by atoms with Gasteiger partial charge in [0, 0.05) is 34.5 Å². The zero-order valence-electron chi connectivity index (χ0n) is 15.2. The minimum Gasteiger partial charge on any atom is -0.476 e. The van der Waals surface area contributed by atoms with Gasteiger partial charge in [0.15, 0.2) is 0 Å². The number of H-pyrrole nitrogens is 1. The molecule has 146 valence electrons. The van der Waals surface area contributed by atoms with Crippen LogP contribution in [-0.2, 0) is 0 Å². The number of rotatable bonds is 2. The number of nitrogen functional groups attached to an aromatic ring is 1. The van der Waals surface area contributed by atoms with Crippen molar-refractivity contribution in [1.29, 1.82) is 0 Å². The number of aromatic nitrogens is 4. The van der Waals surface area contributed by atoms with E-state index in [1.165, 1.54) is 0 Å². The summed E-state index contributed by atoms with van der Waals surface area (Å²) in [5.74, 6) is 0.461. The van der Waals surface area contributed by atoms with Crippen LogP contribution in [0.25, 0.3) is 16.7 Å². The highest BCUT2D eigenvalue weighted by Crippen LogP contribution is 2.36. The average Bonchev–Trinajstić information content (AvgIpc) is 2.95. The fourth-order valence-corrected chi connectivity index (χ4v) is 3.83. The quantitative estimate of drug-likeness (QED) is 0.469. The van der Waals surface area contributed by atoms with Crippen molar-refractivity contribution in [3.05, 3.63) is 75.4 Å². The number of nitrogens with zero attached hydrogens (tertiary/aromatic N) is 3. The molecule has 1 atom stereocenters. The first-order chi connectivity index (χ1) is 14.1. The van der Waals surface area contributed by atoms with Gasteiger partial charge in [-0.15, -0.1) is 0 Å².